The Kier molecular flexibility index (Phi) is 8.70. The van der Waals surface area contributed by atoms with Crippen molar-refractivity contribution < 1.29 is 61.0 Å². The maximum atomic E-state index is 12.6. The van der Waals surface area contributed by atoms with Crippen LogP contribution in [0.4, 0.5) is 17.6 Å². The molecule has 0 aliphatic rings. The van der Waals surface area contributed by atoms with Crippen LogP contribution in [0.5, 0.6) is 0 Å². The molecule has 0 radical (unpaired) electrons. The molecular formula is C6H9F4NaO3S. The molecule has 0 spiro atoms. The number of aliphatic hydroxyl groups is 1. The van der Waals surface area contributed by atoms with Crippen LogP contribution in [0.1, 0.15) is 19.3 Å². The van der Waals surface area contributed by atoms with E-state index in [1.54, 1.807) is 0 Å². The summed E-state index contributed by atoms with van der Waals surface area (Å²) in [4.78, 5) is 0. The fourth-order valence-corrected chi connectivity index (χ4v) is 1.07. The summed E-state index contributed by atoms with van der Waals surface area (Å²) in [6.07, 6.45) is -1.71. The third-order valence-corrected chi connectivity index (χ3v) is 2.25. The van der Waals surface area contributed by atoms with Crippen molar-refractivity contribution >= 4 is 11.1 Å². The van der Waals surface area contributed by atoms with Crippen LogP contribution in [0.15, 0.2) is 0 Å². The first-order valence-electron chi connectivity index (χ1n) is 3.71. The Morgan fingerprint density at radius 1 is 1.20 bits per heavy atom. The van der Waals surface area contributed by atoms with Gasteiger partial charge < -0.3 is 9.66 Å². The normalized spacial score (nSPS) is 14.5. The molecule has 0 aliphatic carbocycles. The average molecular weight is 260 g/mol. The molecule has 1 N–H and O–H groups in total. The van der Waals surface area contributed by atoms with Crippen molar-refractivity contribution in [3.05, 3.63) is 0 Å². The fourth-order valence-electron chi connectivity index (χ4n) is 0.726. The Hall–Kier alpha value is 0.790. The maximum Gasteiger partial charge on any atom is 1.00 e. The maximum absolute atomic E-state index is 12.6. The molecule has 0 amide bonds. The van der Waals surface area contributed by atoms with Gasteiger partial charge in [0, 0.05) is 24.1 Å². The number of aliphatic hydroxyl groups excluding tert-OH is 1. The standard InChI is InChI=1S/C6H10F4O3S.Na/c7-5(8,3-1-2-4-11)6(9,10)14(12)13;/h11H,1-4H2,(H,12,13);/q;+1/p-1. The second kappa shape index (κ2) is 7.18. The van der Waals surface area contributed by atoms with Crippen LogP contribution in [0.2, 0.25) is 0 Å². The number of halogens is 4. The summed E-state index contributed by atoms with van der Waals surface area (Å²) in [6.45, 7) is -0.401. The van der Waals surface area contributed by atoms with Crippen molar-refractivity contribution in [2.75, 3.05) is 6.61 Å². The van der Waals surface area contributed by atoms with Crippen LogP contribution < -0.4 is 29.6 Å². The quantitative estimate of drug-likeness (QED) is 0.267. The SMILES string of the molecule is O=S([O-])C(F)(F)C(F)(F)CCCCO.[Na+]. The number of hydrogen-bond donors (Lipinski definition) is 1. The number of rotatable bonds is 6. The Balaban J connectivity index is 0. The summed E-state index contributed by atoms with van der Waals surface area (Å²) in [6, 6.07) is 0. The minimum atomic E-state index is -5.05. The predicted molar refractivity (Wildman–Crippen MR) is 39.8 cm³/mol. The molecular weight excluding hydrogens is 251 g/mol. The summed E-state index contributed by atoms with van der Waals surface area (Å²) >= 11 is -4.15. The van der Waals surface area contributed by atoms with Crippen molar-refractivity contribution in [3.63, 3.8) is 0 Å². The van der Waals surface area contributed by atoms with E-state index in [0.29, 0.717) is 0 Å². The molecule has 86 valence electrons. The average Bonchev–Trinajstić information content (AvgIpc) is 2.04. The number of unbranched alkanes of at least 4 members (excludes halogenated alkanes) is 1. The second-order valence-electron chi connectivity index (χ2n) is 2.64. The van der Waals surface area contributed by atoms with Crippen LogP contribution in [0, 0.1) is 0 Å². The van der Waals surface area contributed by atoms with E-state index in [4.69, 9.17) is 5.11 Å². The van der Waals surface area contributed by atoms with Gasteiger partial charge in [0.25, 0.3) is 0 Å². The van der Waals surface area contributed by atoms with E-state index in [2.05, 4.69) is 0 Å². The molecule has 0 aromatic heterocycles. The molecule has 9 heteroatoms. The summed E-state index contributed by atoms with van der Waals surface area (Å²) in [5, 5.41) is 3.17. The van der Waals surface area contributed by atoms with Gasteiger partial charge >= 0.3 is 40.7 Å². The summed E-state index contributed by atoms with van der Waals surface area (Å²) in [7, 11) is 0. The molecule has 1 atom stereocenters. The van der Waals surface area contributed by atoms with Crippen molar-refractivity contribution in [2.24, 2.45) is 0 Å². The molecule has 0 bridgehead atoms. The molecule has 0 aromatic carbocycles. The largest absolute Gasteiger partial charge is 1.00 e. The van der Waals surface area contributed by atoms with Gasteiger partial charge in [0.2, 0.25) is 0 Å². The van der Waals surface area contributed by atoms with Crippen molar-refractivity contribution in [1.82, 2.24) is 0 Å². The summed E-state index contributed by atoms with van der Waals surface area (Å²) in [5.41, 5.74) is 0. The molecule has 0 rings (SSSR count). The fraction of sp³-hybridized carbons (Fsp3) is 1.00. The van der Waals surface area contributed by atoms with E-state index >= 15 is 0 Å². The first kappa shape index (κ1) is 18.2. The minimum absolute atomic E-state index is 0. The van der Waals surface area contributed by atoms with E-state index in [-0.39, 0.29) is 42.4 Å². The Morgan fingerprint density at radius 2 is 1.67 bits per heavy atom. The zero-order chi connectivity index (χ0) is 11.4. The van der Waals surface area contributed by atoms with Gasteiger partial charge in [0.05, 0.1) is 0 Å². The topological polar surface area (TPSA) is 60.4 Å². The van der Waals surface area contributed by atoms with Crippen LogP contribution in [0.25, 0.3) is 0 Å². The van der Waals surface area contributed by atoms with Gasteiger partial charge in [-0.25, -0.2) is 0 Å². The minimum Gasteiger partial charge on any atom is -0.768 e. The molecule has 0 heterocycles. The van der Waals surface area contributed by atoms with E-state index in [1.807, 2.05) is 0 Å². The molecule has 1 unspecified atom stereocenters. The Morgan fingerprint density at radius 3 is 2.00 bits per heavy atom. The van der Waals surface area contributed by atoms with Gasteiger partial charge in [-0.1, -0.05) is 0 Å². The van der Waals surface area contributed by atoms with Gasteiger partial charge in [-0.3, -0.25) is 4.21 Å². The second-order valence-corrected chi connectivity index (χ2v) is 3.62. The molecule has 0 aromatic rings. The number of alkyl halides is 4. The monoisotopic (exact) mass is 260 g/mol. The molecule has 15 heavy (non-hydrogen) atoms. The summed E-state index contributed by atoms with van der Waals surface area (Å²) < 4.78 is 69.4. The molecule has 0 aliphatic heterocycles. The van der Waals surface area contributed by atoms with Crippen LogP contribution in [0.3, 0.4) is 0 Å². The third kappa shape index (κ3) is 5.10. The van der Waals surface area contributed by atoms with E-state index in [1.165, 1.54) is 0 Å². The molecule has 0 fully saturated rings. The number of hydrogen-bond acceptors (Lipinski definition) is 3. The molecule has 0 saturated heterocycles. The van der Waals surface area contributed by atoms with Crippen molar-refractivity contribution in [3.8, 4) is 0 Å². The zero-order valence-electron chi connectivity index (χ0n) is 8.01. The van der Waals surface area contributed by atoms with Gasteiger partial charge in [-0.05, 0) is 12.8 Å². The van der Waals surface area contributed by atoms with Crippen LogP contribution in [-0.4, -0.2) is 31.7 Å². The van der Waals surface area contributed by atoms with Crippen molar-refractivity contribution in [1.29, 1.82) is 0 Å². The Labute approximate surface area is 109 Å². The van der Waals surface area contributed by atoms with Gasteiger partial charge in [0.1, 0.15) is 0 Å². The van der Waals surface area contributed by atoms with E-state index in [9.17, 15) is 26.3 Å². The summed E-state index contributed by atoms with van der Waals surface area (Å²) in [5.74, 6) is -4.59. The first-order chi connectivity index (χ1) is 6.25. The zero-order valence-corrected chi connectivity index (χ0v) is 10.8. The predicted octanol–water partition coefficient (Wildman–Crippen LogP) is -1.74. The van der Waals surface area contributed by atoms with Gasteiger partial charge in [0.15, 0.2) is 0 Å². The van der Waals surface area contributed by atoms with Gasteiger partial charge in [-0.2, -0.15) is 17.6 Å². The Bertz CT molecular complexity index is 215. The first-order valence-corrected chi connectivity index (χ1v) is 4.79. The van der Waals surface area contributed by atoms with Gasteiger partial charge in [-0.15, -0.1) is 0 Å². The smallest absolute Gasteiger partial charge is 0.768 e. The molecule has 0 saturated carbocycles. The third-order valence-electron chi connectivity index (χ3n) is 1.53. The van der Waals surface area contributed by atoms with E-state index < -0.39 is 35.3 Å². The van der Waals surface area contributed by atoms with Crippen molar-refractivity contribution in [2.45, 2.75) is 30.4 Å². The molecule has 3 nitrogen and oxygen atoms in total. The van der Waals surface area contributed by atoms with E-state index in [0.717, 1.165) is 0 Å². The van der Waals surface area contributed by atoms with Crippen LogP contribution in [-0.2, 0) is 11.1 Å². The van der Waals surface area contributed by atoms with Crippen LogP contribution >= 0.6 is 0 Å².